The average Bonchev–Trinajstić information content (AvgIpc) is 3.21. The van der Waals surface area contributed by atoms with E-state index in [9.17, 15) is 9.18 Å². The zero-order chi connectivity index (χ0) is 22.7. The Hall–Kier alpha value is -2.68. The Labute approximate surface area is 197 Å². The molecule has 2 heterocycles. The summed E-state index contributed by atoms with van der Waals surface area (Å²) >= 11 is 13.9. The summed E-state index contributed by atoms with van der Waals surface area (Å²) in [4.78, 5) is 19.8. The van der Waals surface area contributed by atoms with Crippen molar-refractivity contribution in [3.63, 3.8) is 0 Å². The molecule has 0 atom stereocenters. The van der Waals surface area contributed by atoms with Crippen LogP contribution in [0.3, 0.4) is 0 Å². The van der Waals surface area contributed by atoms with Crippen LogP contribution in [0.1, 0.15) is 28.1 Å². The van der Waals surface area contributed by atoms with Crippen LogP contribution in [0.2, 0.25) is 10.0 Å². The fourth-order valence-corrected chi connectivity index (χ4v) is 4.35. The summed E-state index contributed by atoms with van der Waals surface area (Å²) in [6.07, 6.45) is 2.17. The molecule has 0 aliphatic rings. The highest BCUT2D eigenvalue weighted by atomic mass is 35.5. The summed E-state index contributed by atoms with van der Waals surface area (Å²) in [6, 6.07) is 11.5. The van der Waals surface area contributed by atoms with Crippen LogP contribution in [-0.2, 0) is 18.7 Å². The smallest absolute Gasteiger partial charge is 0.254 e. The maximum absolute atomic E-state index is 13.1. The number of hydrogen-bond acceptors (Lipinski definition) is 5. The average molecular weight is 490 g/mol. The Balaban J connectivity index is 1.46. The minimum atomic E-state index is -0.278. The van der Waals surface area contributed by atoms with Gasteiger partial charge in [0.25, 0.3) is 5.56 Å². The summed E-state index contributed by atoms with van der Waals surface area (Å²) in [5, 5.41) is 9.82. The number of H-pyrrole nitrogens is 1. The highest BCUT2D eigenvalue weighted by Gasteiger charge is 2.14. The molecule has 4 rings (SSSR count). The molecule has 1 N–H and O–H groups in total. The quantitative estimate of drug-likeness (QED) is 0.290. The Morgan fingerprint density at radius 2 is 1.84 bits per heavy atom. The van der Waals surface area contributed by atoms with Gasteiger partial charge in [-0.25, -0.2) is 14.1 Å². The van der Waals surface area contributed by atoms with Gasteiger partial charge in [-0.05, 0) is 42.3 Å². The van der Waals surface area contributed by atoms with Crippen molar-refractivity contribution in [2.24, 2.45) is 0 Å². The minimum absolute atomic E-state index is 0.208. The maximum atomic E-state index is 13.1. The third-order valence-corrected chi connectivity index (χ3v) is 6.45. The number of benzene rings is 2. The SMILES string of the molecule is Cc1c(Cc2c(Cl)cccc2Cl)nc(SCc2cn(Cc3ccc(F)cc3)nn2)[nH]c1=O. The van der Waals surface area contributed by atoms with Crippen molar-refractivity contribution in [3.8, 4) is 0 Å². The fraction of sp³-hybridized carbons (Fsp3) is 0.182. The van der Waals surface area contributed by atoms with Crippen LogP contribution in [0.5, 0.6) is 0 Å². The second-order valence-corrected chi connectivity index (χ2v) is 8.92. The van der Waals surface area contributed by atoms with Crippen molar-refractivity contribution in [1.82, 2.24) is 25.0 Å². The molecule has 4 aromatic rings. The van der Waals surface area contributed by atoms with E-state index in [1.807, 2.05) is 6.20 Å². The van der Waals surface area contributed by atoms with E-state index in [1.165, 1.54) is 23.9 Å². The summed E-state index contributed by atoms with van der Waals surface area (Å²) in [5.74, 6) is 0.196. The summed E-state index contributed by atoms with van der Waals surface area (Å²) < 4.78 is 14.7. The van der Waals surface area contributed by atoms with Crippen molar-refractivity contribution in [2.75, 3.05) is 0 Å². The molecule has 0 amide bonds. The van der Waals surface area contributed by atoms with E-state index in [-0.39, 0.29) is 11.4 Å². The summed E-state index contributed by atoms with van der Waals surface area (Å²) in [5.41, 5.74) is 3.32. The minimum Gasteiger partial charge on any atom is -0.301 e. The van der Waals surface area contributed by atoms with Gasteiger partial charge in [-0.1, -0.05) is 58.4 Å². The first-order chi connectivity index (χ1) is 15.4. The predicted octanol–water partition coefficient (Wildman–Crippen LogP) is 5.05. The topological polar surface area (TPSA) is 76.5 Å². The van der Waals surface area contributed by atoms with E-state index in [4.69, 9.17) is 23.2 Å². The summed E-state index contributed by atoms with van der Waals surface area (Å²) in [7, 11) is 0. The van der Waals surface area contributed by atoms with Gasteiger partial charge >= 0.3 is 0 Å². The van der Waals surface area contributed by atoms with Gasteiger partial charge in [-0.15, -0.1) is 5.10 Å². The van der Waals surface area contributed by atoms with Crippen LogP contribution in [0.15, 0.2) is 58.6 Å². The predicted molar refractivity (Wildman–Crippen MR) is 124 cm³/mol. The second kappa shape index (κ2) is 9.85. The Morgan fingerprint density at radius 1 is 1.12 bits per heavy atom. The first kappa shape index (κ1) is 22.5. The van der Waals surface area contributed by atoms with E-state index >= 15 is 0 Å². The molecule has 0 aliphatic carbocycles. The first-order valence-electron chi connectivity index (χ1n) is 9.68. The monoisotopic (exact) mass is 489 g/mol. The molecule has 0 spiro atoms. The van der Waals surface area contributed by atoms with Gasteiger partial charge in [0.05, 0.1) is 17.9 Å². The van der Waals surface area contributed by atoms with Gasteiger partial charge in [0.1, 0.15) is 5.82 Å². The number of halogens is 3. The van der Waals surface area contributed by atoms with Crippen LogP contribution in [-0.4, -0.2) is 25.0 Å². The molecule has 0 saturated heterocycles. The van der Waals surface area contributed by atoms with Gasteiger partial charge in [0.2, 0.25) is 0 Å². The molecule has 0 bridgehead atoms. The van der Waals surface area contributed by atoms with E-state index in [2.05, 4.69) is 20.3 Å². The Morgan fingerprint density at radius 3 is 2.56 bits per heavy atom. The lowest BCUT2D eigenvalue weighted by Gasteiger charge is -2.10. The third-order valence-electron chi connectivity index (χ3n) is 4.84. The molecule has 32 heavy (non-hydrogen) atoms. The molecule has 0 radical (unpaired) electrons. The number of rotatable bonds is 7. The number of thioether (sulfide) groups is 1. The van der Waals surface area contributed by atoms with Gasteiger partial charge in [0.15, 0.2) is 5.16 Å². The molecule has 0 fully saturated rings. The lowest BCUT2D eigenvalue weighted by atomic mass is 10.1. The normalized spacial score (nSPS) is 11.1. The van der Waals surface area contributed by atoms with Crippen molar-refractivity contribution >= 4 is 35.0 Å². The zero-order valence-electron chi connectivity index (χ0n) is 17.0. The van der Waals surface area contributed by atoms with Crippen LogP contribution in [0.25, 0.3) is 0 Å². The molecule has 0 aliphatic heterocycles. The molecule has 0 saturated carbocycles. The van der Waals surface area contributed by atoms with E-state index < -0.39 is 0 Å². The third kappa shape index (κ3) is 5.38. The number of hydrogen-bond donors (Lipinski definition) is 1. The number of nitrogens with zero attached hydrogens (tertiary/aromatic N) is 4. The molecule has 0 unspecified atom stereocenters. The maximum Gasteiger partial charge on any atom is 0.254 e. The number of aromatic nitrogens is 5. The molecule has 2 aromatic heterocycles. The zero-order valence-corrected chi connectivity index (χ0v) is 19.3. The Bertz CT molecular complexity index is 1290. The fourth-order valence-electron chi connectivity index (χ4n) is 3.07. The van der Waals surface area contributed by atoms with Crippen LogP contribution in [0.4, 0.5) is 4.39 Å². The number of nitrogens with one attached hydrogen (secondary N) is 1. The molecule has 164 valence electrons. The van der Waals surface area contributed by atoms with Gasteiger partial charge in [-0.2, -0.15) is 0 Å². The lowest BCUT2D eigenvalue weighted by molar-refractivity contribution is 0.621. The lowest BCUT2D eigenvalue weighted by Crippen LogP contribution is -2.16. The molecule has 10 heteroatoms. The van der Waals surface area contributed by atoms with Gasteiger partial charge in [0, 0.05) is 34.0 Å². The van der Waals surface area contributed by atoms with E-state index in [0.717, 1.165) is 16.8 Å². The van der Waals surface area contributed by atoms with Crippen molar-refractivity contribution in [2.45, 2.75) is 30.8 Å². The second-order valence-electron chi connectivity index (χ2n) is 7.14. The molecule has 2 aromatic carbocycles. The highest BCUT2D eigenvalue weighted by Crippen LogP contribution is 2.27. The summed E-state index contributed by atoms with van der Waals surface area (Å²) in [6.45, 7) is 2.21. The van der Waals surface area contributed by atoms with E-state index in [0.29, 0.717) is 45.2 Å². The first-order valence-corrected chi connectivity index (χ1v) is 11.4. The van der Waals surface area contributed by atoms with Gasteiger partial charge in [-0.3, -0.25) is 4.79 Å². The Kier molecular flexibility index (Phi) is 6.93. The highest BCUT2D eigenvalue weighted by molar-refractivity contribution is 7.98. The van der Waals surface area contributed by atoms with Crippen molar-refractivity contribution in [1.29, 1.82) is 0 Å². The molecular weight excluding hydrogens is 472 g/mol. The standard InChI is InChI=1S/C22H18Cl2FN5OS/c1-13-20(9-17-18(23)3-2-4-19(17)24)26-22(27-21(13)31)32-12-16-11-30(29-28-16)10-14-5-7-15(25)8-6-14/h2-8,11H,9-10,12H2,1H3,(H,26,27,31). The largest absolute Gasteiger partial charge is 0.301 e. The number of aromatic amines is 1. The van der Waals surface area contributed by atoms with Crippen LogP contribution in [0, 0.1) is 12.7 Å². The van der Waals surface area contributed by atoms with Crippen molar-refractivity contribution in [3.05, 3.63) is 103 Å². The molecule has 6 nitrogen and oxygen atoms in total. The van der Waals surface area contributed by atoms with Crippen LogP contribution >= 0.6 is 35.0 Å². The molecular formula is C22H18Cl2FN5OS. The van der Waals surface area contributed by atoms with Crippen LogP contribution < -0.4 is 5.56 Å². The van der Waals surface area contributed by atoms with Gasteiger partial charge < -0.3 is 4.98 Å². The van der Waals surface area contributed by atoms with Crippen molar-refractivity contribution < 1.29 is 4.39 Å². The van der Waals surface area contributed by atoms with E-state index in [1.54, 1.807) is 41.9 Å².